The Morgan fingerprint density at radius 2 is 2.24 bits per heavy atom. The van der Waals surface area contributed by atoms with E-state index in [-0.39, 0.29) is 0 Å². The number of nitrogens with zero attached hydrogens (tertiary/aromatic N) is 2. The molecule has 1 aliphatic heterocycles. The van der Waals surface area contributed by atoms with E-state index >= 15 is 0 Å². The van der Waals surface area contributed by atoms with Crippen LogP contribution >= 0.6 is 0 Å². The summed E-state index contributed by atoms with van der Waals surface area (Å²) in [6, 6.07) is 4.19. The Hall–Kier alpha value is -0.930. The molecule has 0 saturated carbocycles. The maximum absolute atomic E-state index is 5.57. The van der Waals surface area contributed by atoms with E-state index in [1.165, 1.54) is 32.4 Å². The quantitative estimate of drug-likeness (QED) is 0.870. The molecule has 94 valence electrons. The van der Waals surface area contributed by atoms with Crippen molar-refractivity contribution in [3.63, 3.8) is 0 Å². The van der Waals surface area contributed by atoms with Crippen molar-refractivity contribution in [2.24, 2.45) is 11.7 Å². The molecule has 1 aromatic heterocycles. The van der Waals surface area contributed by atoms with Crippen LogP contribution in [0.1, 0.15) is 37.4 Å². The van der Waals surface area contributed by atoms with Gasteiger partial charge < -0.3 is 5.73 Å². The van der Waals surface area contributed by atoms with Gasteiger partial charge in [0.2, 0.25) is 0 Å². The average Bonchev–Trinajstić information content (AvgIpc) is 2.56. The molecule has 0 amide bonds. The molecule has 3 heteroatoms. The van der Waals surface area contributed by atoms with Crippen LogP contribution in [0, 0.1) is 5.92 Å². The molecule has 1 unspecified atom stereocenters. The first kappa shape index (κ1) is 12.5. The lowest BCUT2D eigenvalue weighted by Gasteiger charge is -2.19. The molecular formula is C14H23N3. The Morgan fingerprint density at radius 3 is 2.94 bits per heavy atom. The van der Waals surface area contributed by atoms with Crippen LogP contribution in [0.5, 0.6) is 0 Å². The van der Waals surface area contributed by atoms with Crippen LogP contribution in [0.2, 0.25) is 0 Å². The topological polar surface area (TPSA) is 42.1 Å². The molecular weight excluding hydrogens is 210 g/mol. The summed E-state index contributed by atoms with van der Waals surface area (Å²) in [7, 11) is 0. The molecule has 0 aromatic carbocycles. The van der Waals surface area contributed by atoms with Crippen LogP contribution in [0.15, 0.2) is 18.3 Å². The Kier molecular flexibility index (Phi) is 4.51. The maximum Gasteiger partial charge on any atom is 0.0544 e. The summed E-state index contributed by atoms with van der Waals surface area (Å²) in [5.41, 5.74) is 7.84. The predicted octanol–water partition coefficient (Wildman–Crippen LogP) is 2.16. The second-order valence-electron chi connectivity index (χ2n) is 5.17. The van der Waals surface area contributed by atoms with E-state index in [2.05, 4.69) is 28.9 Å². The summed E-state index contributed by atoms with van der Waals surface area (Å²) in [6.45, 7) is 6.34. The van der Waals surface area contributed by atoms with E-state index in [0.29, 0.717) is 6.54 Å². The molecule has 0 aliphatic carbocycles. The van der Waals surface area contributed by atoms with Crippen LogP contribution in [0.25, 0.3) is 0 Å². The van der Waals surface area contributed by atoms with E-state index in [1.807, 2.05) is 6.20 Å². The minimum absolute atomic E-state index is 0.578. The second kappa shape index (κ2) is 6.12. The average molecular weight is 233 g/mol. The van der Waals surface area contributed by atoms with Gasteiger partial charge in [0.1, 0.15) is 0 Å². The summed E-state index contributed by atoms with van der Waals surface area (Å²) < 4.78 is 0. The first-order valence-electron chi connectivity index (χ1n) is 6.64. The standard InChI is InChI=1S/C14H23N3/c1-12-3-2-7-17(8-6-12)11-14-5-4-13(9-15)10-16-14/h4-5,10,12H,2-3,6-9,11,15H2,1H3. The highest BCUT2D eigenvalue weighted by Crippen LogP contribution is 2.17. The zero-order valence-corrected chi connectivity index (χ0v) is 10.7. The fraction of sp³-hybridized carbons (Fsp3) is 0.643. The van der Waals surface area contributed by atoms with E-state index in [0.717, 1.165) is 23.7 Å². The largest absolute Gasteiger partial charge is 0.326 e. The van der Waals surface area contributed by atoms with Crippen molar-refractivity contribution in [1.29, 1.82) is 0 Å². The predicted molar refractivity (Wildman–Crippen MR) is 70.4 cm³/mol. The third-order valence-corrected chi connectivity index (χ3v) is 3.62. The van der Waals surface area contributed by atoms with Crippen LogP contribution in [0.3, 0.4) is 0 Å². The summed E-state index contributed by atoms with van der Waals surface area (Å²) in [4.78, 5) is 6.99. The Morgan fingerprint density at radius 1 is 1.35 bits per heavy atom. The first-order valence-corrected chi connectivity index (χ1v) is 6.64. The van der Waals surface area contributed by atoms with Crippen molar-refractivity contribution in [2.75, 3.05) is 13.1 Å². The van der Waals surface area contributed by atoms with E-state index in [4.69, 9.17) is 5.73 Å². The Labute approximate surface area is 104 Å². The zero-order valence-electron chi connectivity index (χ0n) is 10.7. The van der Waals surface area contributed by atoms with Crippen molar-refractivity contribution >= 4 is 0 Å². The summed E-state index contributed by atoms with van der Waals surface area (Å²) in [6.07, 6.45) is 5.91. The van der Waals surface area contributed by atoms with Crippen LogP contribution in [-0.2, 0) is 13.1 Å². The molecule has 2 heterocycles. The molecule has 17 heavy (non-hydrogen) atoms. The molecule has 1 atom stereocenters. The van der Waals surface area contributed by atoms with Crippen LogP contribution in [0.4, 0.5) is 0 Å². The van der Waals surface area contributed by atoms with Crippen LogP contribution in [-0.4, -0.2) is 23.0 Å². The molecule has 1 aromatic rings. The fourth-order valence-corrected chi connectivity index (χ4v) is 2.38. The van der Waals surface area contributed by atoms with Gasteiger partial charge in [-0.1, -0.05) is 13.0 Å². The van der Waals surface area contributed by atoms with Gasteiger partial charge in [-0.05, 0) is 49.9 Å². The molecule has 1 fully saturated rings. The third-order valence-electron chi connectivity index (χ3n) is 3.62. The lowest BCUT2D eigenvalue weighted by Crippen LogP contribution is -2.24. The number of aromatic nitrogens is 1. The van der Waals surface area contributed by atoms with Crippen molar-refractivity contribution in [3.8, 4) is 0 Å². The SMILES string of the molecule is CC1CCCN(Cc2ccc(CN)cn2)CC1. The van der Waals surface area contributed by atoms with Gasteiger partial charge in [0, 0.05) is 19.3 Å². The van der Waals surface area contributed by atoms with Gasteiger partial charge in [-0.25, -0.2) is 0 Å². The van der Waals surface area contributed by atoms with Crippen molar-refractivity contribution in [1.82, 2.24) is 9.88 Å². The molecule has 3 nitrogen and oxygen atoms in total. The fourth-order valence-electron chi connectivity index (χ4n) is 2.38. The third kappa shape index (κ3) is 3.79. The highest BCUT2D eigenvalue weighted by Gasteiger charge is 2.14. The molecule has 1 saturated heterocycles. The van der Waals surface area contributed by atoms with Gasteiger partial charge in [0.25, 0.3) is 0 Å². The second-order valence-corrected chi connectivity index (χ2v) is 5.17. The van der Waals surface area contributed by atoms with Crippen molar-refractivity contribution in [3.05, 3.63) is 29.6 Å². The number of likely N-dealkylation sites (tertiary alicyclic amines) is 1. The highest BCUT2D eigenvalue weighted by molar-refractivity contribution is 5.13. The lowest BCUT2D eigenvalue weighted by molar-refractivity contribution is 0.270. The lowest BCUT2D eigenvalue weighted by atomic mass is 10.0. The van der Waals surface area contributed by atoms with E-state index in [1.54, 1.807) is 0 Å². The minimum Gasteiger partial charge on any atom is -0.326 e. The first-order chi connectivity index (χ1) is 8.28. The monoisotopic (exact) mass is 233 g/mol. The maximum atomic E-state index is 5.57. The molecule has 2 N–H and O–H groups in total. The number of hydrogen-bond donors (Lipinski definition) is 1. The van der Waals surface area contributed by atoms with Gasteiger partial charge in [-0.15, -0.1) is 0 Å². The van der Waals surface area contributed by atoms with Crippen molar-refractivity contribution < 1.29 is 0 Å². The van der Waals surface area contributed by atoms with Gasteiger partial charge in [-0.2, -0.15) is 0 Å². The van der Waals surface area contributed by atoms with E-state index in [9.17, 15) is 0 Å². The number of nitrogens with two attached hydrogens (primary N) is 1. The van der Waals surface area contributed by atoms with Crippen molar-refractivity contribution in [2.45, 2.75) is 39.3 Å². The van der Waals surface area contributed by atoms with E-state index < -0.39 is 0 Å². The summed E-state index contributed by atoms with van der Waals surface area (Å²) >= 11 is 0. The minimum atomic E-state index is 0.578. The van der Waals surface area contributed by atoms with Gasteiger partial charge in [-0.3, -0.25) is 9.88 Å². The molecule has 1 aliphatic rings. The molecule has 0 bridgehead atoms. The number of hydrogen-bond acceptors (Lipinski definition) is 3. The normalized spacial score (nSPS) is 22.4. The summed E-state index contributed by atoms with van der Waals surface area (Å²) in [5.74, 6) is 0.882. The van der Waals surface area contributed by atoms with Gasteiger partial charge in [0.05, 0.1) is 5.69 Å². The zero-order chi connectivity index (χ0) is 12.1. The van der Waals surface area contributed by atoms with Gasteiger partial charge >= 0.3 is 0 Å². The molecule has 0 radical (unpaired) electrons. The number of pyridine rings is 1. The number of rotatable bonds is 3. The molecule has 0 spiro atoms. The smallest absolute Gasteiger partial charge is 0.0544 e. The van der Waals surface area contributed by atoms with Crippen LogP contribution < -0.4 is 5.73 Å². The van der Waals surface area contributed by atoms with Gasteiger partial charge in [0.15, 0.2) is 0 Å². The summed E-state index contributed by atoms with van der Waals surface area (Å²) in [5, 5.41) is 0. The highest BCUT2D eigenvalue weighted by atomic mass is 15.1. The Bertz CT molecular complexity index is 334. The molecule has 2 rings (SSSR count). The Balaban J connectivity index is 1.90.